The van der Waals surface area contributed by atoms with Crippen molar-refractivity contribution in [3.63, 3.8) is 0 Å². The number of benzene rings is 1. The molecule has 1 unspecified atom stereocenters. The highest BCUT2D eigenvalue weighted by molar-refractivity contribution is 5.22. The summed E-state index contributed by atoms with van der Waals surface area (Å²) in [5, 5.41) is 10.1. The number of rotatable bonds is 10. The molecule has 1 aromatic carbocycles. The summed E-state index contributed by atoms with van der Waals surface area (Å²) >= 11 is 0. The molecule has 5 nitrogen and oxygen atoms in total. The first kappa shape index (κ1) is 21.9. The third kappa shape index (κ3) is 9.37. The molecular weight excluding hydrogens is 368 g/mol. The number of aliphatic hydroxyl groups excluding tert-OH is 1. The number of ether oxygens (including phenoxy) is 2. The Kier molecular flexibility index (Phi) is 8.75. The number of hydrogen-bond donors (Lipinski definition) is 1. The Morgan fingerprint density at radius 3 is 2.30 bits per heavy atom. The highest BCUT2D eigenvalue weighted by Gasteiger charge is 2.27. The van der Waals surface area contributed by atoms with Gasteiger partial charge in [-0.2, -0.15) is 13.2 Å². The van der Waals surface area contributed by atoms with Gasteiger partial charge in [0.05, 0.1) is 0 Å². The number of halogens is 4. The summed E-state index contributed by atoms with van der Waals surface area (Å²) in [6.45, 7) is 3.34. The lowest BCUT2D eigenvalue weighted by Crippen LogP contribution is -2.49. The van der Waals surface area contributed by atoms with Crippen molar-refractivity contribution in [3.8, 4) is 5.75 Å². The van der Waals surface area contributed by atoms with Gasteiger partial charge in [-0.3, -0.25) is 4.90 Å². The molecule has 0 aromatic heterocycles. The van der Waals surface area contributed by atoms with Crippen molar-refractivity contribution in [2.75, 3.05) is 59.1 Å². The molecule has 2 rings (SSSR count). The first-order chi connectivity index (χ1) is 12.8. The van der Waals surface area contributed by atoms with E-state index in [0.29, 0.717) is 25.3 Å². The van der Waals surface area contributed by atoms with Crippen LogP contribution in [-0.2, 0) is 4.74 Å². The molecule has 1 heterocycles. The molecule has 27 heavy (non-hydrogen) atoms. The Bertz CT molecular complexity index is 534. The first-order valence-electron chi connectivity index (χ1n) is 8.97. The molecule has 1 N–H and O–H groups in total. The topological polar surface area (TPSA) is 45.2 Å². The SMILES string of the molecule is OC(COc1ccc(F)cc1)CN1CCN(CCCOCC(F)(F)F)CC1. The van der Waals surface area contributed by atoms with Crippen LogP contribution in [0.5, 0.6) is 5.75 Å². The predicted molar refractivity (Wildman–Crippen MR) is 92.3 cm³/mol. The normalized spacial score (nSPS) is 17.8. The van der Waals surface area contributed by atoms with Crippen molar-refractivity contribution in [1.82, 2.24) is 9.80 Å². The van der Waals surface area contributed by atoms with E-state index >= 15 is 0 Å². The van der Waals surface area contributed by atoms with Crippen LogP contribution in [0.1, 0.15) is 6.42 Å². The molecule has 154 valence electrons. The average Bonchev–Trinajstić information content (AvgIpc) is 2.61. The van der Waals surface area contributed by atoms with Crippen LogP contribution in [0.3, 0.4) is 0 Å². The lowest BCUT2D eigenvalue weighted by Gasteiger charge is -2.35. The Morgan fingerprint density at radius 2 is 1.67 bits per heavy atom. The molecule has 1 aliphatic heterocycles. The van der Waals surface area contributed by atoms with Gasteiger partial charge >= 0.3 is 6.18 Å². The van der Waals surface area contributed by atoms with Crippen LogP contribution in [0.25, 0.3) is 0 Å². The number of β-amino-alcohol motifs (C(OH)–C–C–N with tert-alkyl or cyclic N) is 1. The quantitative estimate of drug-likeness (QED) is 0.487. The summed E-state index contributed by atoms with van der Waals surface area (Å²) in [4.78, 5) is 4.30. The third-order valence-electron chi connectivity index (χ3n) is 4.22. The lowest BCUT2D eigenvalue weighted by atomic mass is 10.2. The van der Waals surface area contributed by atoms with Crippen LogP contribution < -0.4 is 4.74 Å². The maximum Gasteiger partial charge on any atom is 0.411 e. The second-order valence-corrected chi connectivity index (χ2v) is 6.58. The van der Waals surface area contributed by atoms with Crippen molar-refractivity contribution in [2.24, 2.45) is 0 Å². The molecule has 0 bridgehead atoms. The van der Waals surface area contributed by atoms with E-state index in [1.54, 1.807) is 0 Å². The van der Waals surface area contributed by atoms with Gasteiger partial charge in [0.1, 0.15) is 30.9 Å². The molecule has 1 saturated heterocycles. The van der Waals surface area contributed by atoms with Crippen molar-refractivity contribution in [3.05, 3.63) is 30.1 Å². The fourth-order valence-corrected chi connectivity index (χ4v) is 2.85. The Balaban J connectivity index is 1.54. The Morgan fingerprint density at radius 1 is 1.04 bits per heavy atom. The largest absolute Gasteiger partial charge is 0.491 e. The number of alkyl halides is 3. The Hall–Kier alpha value is -1.42. The summed E-state index contributed by atoms with van der Waals surface area (Å²) in [5.41, 5.74) is 0. The van der Waals surface area contributed by atoms with Crippen molar-refractivity contribution in [1.29, 1.82) is 0 Å². The van der Waals surface area contributed by atoms with Crippen LogP contribution in [-0.4, -0.2) is 86.3 Å². The molecule has 1 fully saturated rings. The van der Waals surface area contributed by atoms with Gasteiger partial charge in [-0.05, 0) is 30.7 Å². The van der Waals surface area contributed by atoms with Crippen LogP contribution in [0.2, 0.25) is 0 Å². The molecule has 0 aliphatic carbocycles. The maximum atomic E-state index is 12.8. The number of hydrogen-bond acceptors (Lipinski definition) is 5. The highest BCUT2D eigenvalue weighted by atomic mass is 19.4. The van der Waals surface area contributed by atoms with Crippen molar-refractivity contribution >= 4 is 0 Å². The smallest absolute Gasteiger partial charge is 0.411 e. The van der Waals surface area contributed by atoms with Gasteiger partial charge in [0.25, 0.3) is 0 Å². The average molecular weight is 394 g/mol. The molecule has 1 atom stereocenters. The molecule has 0 saturated carbocycles. The van der Waals surface area contributed by atoms with Gasteiger partial charge in [0.15, 0.2) is 0 Å². The maximum absolute atomic E-state index is 12.8. The lowest BCUT2D eigenvalue weighted by molar-refractivity contribution is -0.174. The van der Waals surface area contributed by atoms with E-state index in [1.807, 2.05) is 0 Å². The summed E-state index contributed by atoms with van der Waals surface area (Å²) in [5.74, 6) is 0.167. The minimum Gasteiger partial charge on any atom is -0.491 e. The third-order valence-corrected chi connectivity index (χ3v) is 4.22. The summed E-state index contributed by atoms with van der Waals surface area (Å²) < 4.78 is 58.8. The zero-order valence-corrected chi connectivity index (χ0v) is 15.1. The second-order valence-electron chi connectivity index (χ2n) is 6.58. The monoisotopic (exact) mass is 394 g/mol. The molecule has 1 aliphatic rings. The van der Waals surface area contributed by atoms with Gasteiger partial charge in [-0.1, -0.05) is 0 Å². The van der Waals surface area contributed by atoms with E-state index < -0.39 is 18.9 Å². The van der Waals surface area contributed by atoms with Gasteiger partial charge in [0.2, 0.25) is 0 Å². The van der Waals surface area contributed by atoms with E-state index in [9.17, 15) is 22.7 Å². The highest BCUT2D eigenvalue weighted by Crippen LogP contribution is 2.14. The summed E-state index contributed by atoms with van der Waals surface area (Å²) in [6, 6.07) is 5.63. The summed E-state index contributed by atoms with van der Waals surface area (Å²) in [6.07, 6.45) is -4.37. The molecule has 0 spiro atoms. The number of aliphatic hydroxyl groups is 1. The minimum absolute atomic E-state index is 0.0964. The van der Waals surface area contributed by atoms with E-state index in [0.717, 1.165) is 26.2 Å². The van der Waals surface area contributed by atoms with E-state index in [2.05, 4.69) is 14.5 Å². The Labute approximate surface area is 156 Å². The van der Waals surface area contributed by atoms with Crippen LogP contribution in [0, 0.1) is 5.82 Å². The number of nitrogens with zero attached hydrogens (tertiary/aromatic N) is 2. The first-order valence-corrected chi connectivity index (χ1v) is 8.97. The van der Waals surface area contributed by atoms with Crippen molar-refractivity contribution in [2.45, 2.75) is 18.7 Å². The molecule has 9 heteroatoms. The number of piperazine rings is 1. The molecule has 0 radical (unpaired) electrons. The van der Waals surface area contributed by atoms with Gasteiger partial charge in [-0.15, -0.1) is 0 Å². The summed E-state index contributed by atoms with van der Waals surface area (Å²) in [7, 11) is 0. The van der Waals surface area contributed by atoms with Crippen LogP contribution >= 0.6 is 0 Å². The predicted octanol–water partition coefficient (Wildman–Crippen LogP) is 2.15. The van der Waals surface area contributed by atoms with Crippen LogP contribution in [0.15, 0.2) is 24.3 Å². The fourth-order valence-electron chi connectivity index (χ4n) is 2.85. The van der Waals surface area contributed by atoms with E-state index in [-0.39, 0.29) is 19.0 Å². The minimum atomic E-state index is -4.27. The molecular formula is C18H26F4N2O3. The zero-order valence-electron chi connectivity index (χ0n) is 15.1. The van der Waals surface area contributed by atoms with Gasteiger partial charge in [-0.25, -0.2) is 4.39 Å². The van der Waals surface area contributed by atoms with Gasteiger partial charge < -0.3 is 19.5 Å². The van der Waals surface area contributed by atoms with E-state index in [1.165, 1.54) is 24.3 Å². The van der Waals surface area contributed by atoms with E-state index in [4.69, 9.17) is 4.74 Å². The van der Waals surface area contributed by atoms with Gasteiger partial charge in [0, 0.05) is 45.9 Å². The standard InChI is InChI=1S/C18H26F4N2O3/c19-15-2-4-17(5-3-15)27-13-16(25)12-24-9-7-23(8-10-24)6-1-11-26-14-18(20,21)22/h2-5,16,25H,1,6-14H2. The fraction of sp³-hybridized carbons (Fsp3) is 0.667. The molecule has 1 aromatic rings. The zero-order chi connectivity index (χ0) is 19.7. The second kappa shape index (κ2) is 10.8. The van der Waals surface area contributed by atoms with Crippen LogP contribution in [0.4, 0.5) is 17.6 Å². The van der Waals surface area contributed by atoms with Crippen molar-refractivity contribution < 1.29 is 32.1 Å². The molecule has 0 amide bonds.